The van der Waals surface area contributed by atoms with Gasteiger partial charge in [-0.1, -0.05) is 58.4 Å². The molecule has 0 bridgehead atoms. The molecular formula is C19H13Cl2FN6OS. The highest BCUT2D eigenvalue weighted by atomic mass is 35.5. The van der Waals surface area contributed by atoms with Crippen molar-refractivity contribution >= 4 is 57.7 Å². The van der Waals surface area contributed by atoms with Crippen molar-refractivity contribution in [1.29, 1.82) is 0 Å². The second-order valence-electron chi connectivity index (χ2n) is 6.16. The Morgan fingerprint density at radius 3 is 2.77 bits per heavy atom. The van der Waals surface area contributed by atoms with Gasteiger partial charge in [0.2, 0.25) is 5.91 Å². The number of nitrogens with zero attached hydrogens (tertiary/aromatic N) is 5. The molecule has 0 saturated heterocycles. The molecular weight excluding hydrogens is 450 g/mol. The molecule has 0 atom stereocenters. The molecule has 152 valence electrons. The van der Waals surface area contributed by atoms with Crippen LogP contribution in [0.4, 0.5) is 10.1 Å². The van der Waals surface area contributed by atoms with Gasteiger partial charge in [-0.2, -0.15) is 0 Å². The van der Waals surface area contributed by atoms with Crippen LogP contribution in [-0.2, 0) is 11.3 Å². The molecule has 0 aliphatic carbocycles. The lowest BCUT2D eigenvalue weighted by Gasteiger charge is -2.06. The lowest BCUT2D eigenvalue weighted by atomic mass is 10.2. The Kier molecular flexibility index (Phi) is 6.12. The van der Waals surface area contributed by atoms with Crippen molar-refractivity contribution in [2.75, 3.05) is 11.1 Å². The summed E-state index contributed by atoms with van der Waals surface area (Å²) >= 11 is 13.0. The third kappa shape index (κ3) is 4.53. The van der Waals surface area contributed by atoms with Crippen molar-refractivity contribution < 1.29 is 9.18 Å². The number of rotatable bonds is 6. The van der Waals surface area contributed by atoms with Crippen LogP contribution in [0.3, 0.4) is 0 Å². The highest BCUT2D eigenvalue weighted by Crippen LogP contribution is 2.26. The summed E-state index contributed by atoms with van der Waals surface area (Å²) in [7, 11) is 0. The predicted molar refractivity (Wildman–Crippen MR) is 114 cm³/mol. The zero-order valence-corrected chi connectivity index (χ0v) is 17.5. The molecule has 2 aromatic carbocycles. The first-order valence-electron chi connectivity index (χ1n) is 8.66. The van der Waals surface area contributed by atoms with Crippen molar-refractivity contribution in [2.24, 2.45) is 0 Å². The number of hydrogen-bond donors (Lipinski definition) is 1. The maximum absolute atomic E-state index is 13.9. The highest BCUT2D eigenvalue weighted by Gasteiger charge is 2.15. The van der Waals surface area contributed by atoms with Gasteiger partial charge in [0.25, 0.3) is 0 Å². The summed E-state index contributed by atoms with van der Waals surface area (Å²) in [4.78, 5) is 20.7. The second-order valence-corrected chi connectivity index (χ2v) is 7.93. The summed E-state index contributed by atoms with van der Waals surface area (Å²) in [5, 5.41) is 12.2. The Hall–Kier alpha value is -2.75. The van der Waals surface area contributed by atoms with E-state index in [4.69, 9.17) is 23.2 Å². The topological polar surface area (TPSA) is 85.6 Å². The first kappa shape index (κ1) is 20.5. The Bertz CT molecular complexity index is 1230. The minimum atomic E-state index is -0.330. The second kappa shape index (κ2) is 8.95. The molecule has 1 N–H and O–H groups in total. The minimum Gasteiger partial charge on any atom is -0.325 e. The van der Waals surface area contributed by atoms with E-state index in [-0.39, 0.29) is 24.0 Å². The van der Waals surface area contributed by atoms with E-state index in [1.807, 2.05) is 0 Å². The van der Waals surface area contributed by atoms with Crippen molar-refractivity contribution in [1.82, 2.24) is 25.0 Å². The van der Waals surface area contributed by atoms with Gasteiger partial charge in [-0.3, -0.25) is 4.79 Å². The lowest BCUT2D eigenvalue weighted by Crippen LogP contribution is -2.14. The van der Waals surface area contributed by atoms with Crippen LogP contribution in [0.2, 0.25) is 10.0 Å². The normalized spacial score (nSPS) is 11.0. The third-order valence-electron chi connectivity index (χ3n) is 4.09. The van der Waals surface area contributed by atoms with Crippen LogP contribution < -0.4 is 5.32 Å². The highest BCUT2D eigenvalue weighted by molar-refractivity contribution is 8.00. The Morgan fingerprint density at radius 2 is 1.97 bits per heavy atom. The molecule has 7 nitrogen and oxygen atoms in total. The van der Waals surface area contributed by atoms with E-state index >= 15 is 0 Å². The molecule has 4 rings (SSSR count). The molecule has 0 radical (unpaired) electrons. The summed E-state index contributed by atoms with van der Waals surface area (Å²) < 4.78 is 15.4. The average Bonchev–Trinajstić information content (AvgIpc) is 3.14. The van der Waals surface area contributed by atoms with Crippen molar-refractivity contribution in [2.45, 2.75) is 11.6 Å². The molecule has 0 fully saturated rings. The van der Waals surface area contributed by atoms with Crippen LogP contribution in [0.1, 0.15) is 5.56 Å². The molecule has 30 heavy (non-hydrogen) atoms. The van der Waals surface area contributed by atoms with Gasteiger partial charge in [0.1, 0.15) is 17.2 Å². The van der Waals surface area contributed by atoms with E-state index < -0.39 is 0 Å². The number of fused-ring (bicyclic) bond motifs is 1. The molecule has 0 aliphatic heterocycles. The number of carbonyl (C=O) groups is 1. The Labute approximate surface area is 184 Å². The fourth-order valence-corrected chi connectivity index (χ4v) is 3.70. The van der Waals surface area contributed by atoms with Crippen LogP contribution in [0.15, 0.2) is 53.8 Å². The fourth-order valence-electron chi connectivity index (χ4n) is 2.68. The van der Waals surface area contributed by atoms with Gasteiger partial charge in [-0.25, -0.2) is 19.0 Å². The van der Waals surface area contributed by atoms with E-state index in [1.54, 1.807) is 36.4 Å². The van der Waals surface area contributed by atoms with E-state index in [2.05, 4.69) is 25.6 Å². The summed E-state index contributed by atoms with van der Waals surface area (Å²) in [5.74, 6) is -0.486. The Balaban J connectivity index is 1.47. The van der Waals surface area contributed by atoms with Crippen LogP contribution >= 0.6 is 35.0 Å². The number of anilines is 1. The monoisotopic (exact) mass is 462 g/mol. The number of benzene rings is 2. The van der Waals surface area contributed by atoms with E-state index in [9.17, 15) is 9.18 Å². The van der Waals surface area contributed by atoms with Crippen LogP contribution in [-0.4, -0.2) is 36.6 Å². The number of halogens is 3. The average molecular weight is 463 g/mol. The summed E-state index contributed by atoms with van der Waals surface area (Å²) in [6, 6.07) is 11.3. The quantitative estimate of drug-likeness (QED) is 0.336. The van der Waals surface area contributed by atoms with Gasteiger partial charge in [0.05, 0.1) is 22.3 Å². The first-order valence-corrected chi connectivity index (χ1v) is 10.4. The zero-order valence-electron chi connectivity index (χ0n) is 15.2. The molecule has 0 unspecified atom stereocenters. The standard InChI is InChI=1S/C19H13Cl2FN6OS/c20-13-6-5-12(7-14(13)21)25-16(29)9-30-19-17-18(23-10-24-19)28(27-26-17)8-11-3-1-2-4-15(11)22/h1-7,10H,8-9H2,(H,25,29). The smallest absolute Gasteiger partial charge is 0.234 e. The summed E-state index contributed by atoms with van der Waals surface area (Å²) in [6.45, 7) is 0.183. The zero-order chi connectivity index (χ0) is 21.1. The number of carbonyl (C=O) groups excluding carboxylic acids is 1. The molecule has 0 aliphatic rings. The molecule has 11 heteroatoms. The van der Waals surface area contributed by atoms with Crippen molar-refractivity contribution in [3.8, 4) is 0 Å². The predicted octanol–water partition coefficient (Wildman–Crippen LogP) is 4.45. The van der Waals surface area contributed by atoms with E-state index in [0.29, 0.717) is 37.5 Å². The molecule has 0 saturated carbocycles. The number of thioether (sulfide) groups is 1. The summed E-state index contributed by atoms with van der Waals surface area (Å²) in [6.07, 6.45) is 1.36. The first-order chi connectivity index (χ1) is 14.5. The van der Waals surface area contributed by atoms with Crippen LogP contribution in [0.5, 0.6) is 0 Å². The maximum atomic E-state index is 13.9. The third-order valence-corrected chi connectivity index (χ3v) is 5.81. The van der Waals surface area contributed by atoms with Gasteiger partial charge in [0, 0.05) is 11.3 Å². The summed E-state index contributed by atoms with van der Waals surface area (Å²) in [5.41, 5.74) is 1.92. The van der Waals surface area contributed by atoms with Crippen LogP contribution in [0.25, 0.3) is 11.2 Å². The van der Waals surface area contributed by atoms with Gasteiger partial charge in [-0.15, -0.1) is 5.10 Å². The van der Waals surface area contributed by atoms with Gasteiger partial charge < -0.3 is 5.32 Å². The van der Waals surface area contributed by atoms with E-state index in [0.717, 1.165) is 0 Å². The number of aromatic nitrogens is 5. The number of nitrogens with one attached hydrogen (secondary N) is 1. The fraction of sp³-hybridized carbons (Fsp3) is 0.105. The van der Waals surface area contributed by atoms with Crippen LogP contribution in [0, 0.1) is 5.82 Å². The van der Waals surface area contributed by atoms with Crippen molar-refractivity contribution in [3.63, 3.8) is 0 Å². The minimum absolute atomic E-state index is 0.0898. The number of hydrogen-bond acceptors (Lipinski definition) is 6. The van der Waals surface area contributed by atoms with Gasteiger partial charge in [0.15, 0.2) is 11.2 Å². The largest absolute Gasteiger partial charge is 0.325 e. The molecule has 0 spiro atoms. The molecule has 1 amide bonds. The molecule has 4 aromatic rings. The van der Waals surface area contributed by atoms with E-state index in [1.165, 1.54) is 28.8 Å². The Morgan fingerprint density at radius 1 is 1.13 bits per heavy atom. The maximum Gasteiger partial charge on any atom is 0.234 e. The van der Waals surface area contributed by atoms with Crippen molar-refractivity contribution in [3.05, 3.63) is 70.2 Å². The SMILES string of the molecule is O=C(CSc1ncnc2c1nnn2Cc1ccccc1F)Nc1ccc(Cl)c(Cl)c1. The number of amides is 1. The lowest BCUT2D eigenvalue weighted by molar-refractivity contribution is -0.113. The molecule has 2 aromatic heterocycles. The molecule has 2 heterocycles. The van der Waals surface area contributed by atoms with Gasteiger partial charge >= 0.3 is 0 Å². The van der Waals surface area contributed by atoms with Gasteiger partial charge in [-0.05, 0) is 24.3 Å².